The molecule has 2 unspecified atom stereocenters. The summed E-state index contributed by atoms with van der Waals surface area (Å²) in [6.07, 6.45) is 18.3. The number of unbranched alkanes of at least 4 members (excludes halogenated alkanes) is 7. The highest BCUT2D eigenvalue weighted by atomic mass is 14.8. The van der Waals surface area contributed by atoms with Gasteiger partial charge in [-0.25, -0.2) is 0 Å². The fourth-order valence-electron chi connectivity index (χ4n) is 3.35. The maximum atomic E-state index is 3.62. The molecule has 0 aliphatic rings. The number of nitrogens with one attached hydrogen (secondary N) is 1. The van der Waals surface area contributed by atoms with Crippen LogP contribution in [-0.4, -0.2) is 13.1 Å². The van der Waals surface area contributed by atoms with Gasteiger partial charge in [0.1, 0.15) is 0 Å². The second kappa shape index (κ2) is 17.3. The lowest BCUT2D eigenvalue weighted by atomic mass is 9.84. The van der Waals surface area contributed by atoms with Crippen LogP contribution in [0, 0.1) is 11.8 Å². The maximum Gasteiger partial charge on any atom is -0.00488 e. The molecule has 0 amide bonds. The van der Waals surface area contributed by atoms with E-state index in [4.69, 9.17) is 0 Å². The van der Waals surface area contributed by atoms with Crippen molar-refractivity contribution in [2.45, 2.75) is 111 Å². The lowest BCUT2D eigenvalue weighted by Gasteiger charge is -2.23. The molecular weight excluding hydrogens is 266 g/mol. The van der Waals surface area contributed by atoms with Crippen LogP contribution in [0.3, 0.4) is 0 Å². The first-order chi connectivity index (χ1) is 10.8. The zero-order chi connectivity index (χ0) is 16.5. The average Bonchev–Trinajstić information content (AvgIpc) is 2.54. The van der Waals surface area contributed by atoms with E-state index in [1.54, 1.807) is 0 Å². The highest BCUT2D eigenvalue weighted by Gasteiger charge is 2.14. The molecule has 22 heavy (non-hydrogen) atoms. The van der Waals surface area contributed by atoms with E-state index in [0.717, 1.165) is 11.8 Å². The van der Waals surface area contributed by atoms with Crippen LogP contribution >= 0.6 is 0 Å². The van der Waals surface area contributed by atoms with Crippen molar-refractivity contribution in [3.05, 3.63) is 0 Å². The molecule has 1 nitrogen and oxygen atoms in total. The number of hydrogen-bond acceptors (Lipinski definition) is 1. The summed E-state index contributed by atoms with van der Waals surface area (Å²) in [5.41, 5.74) is 0. The fraction of sp³-hybridized carbons (Fsp3) is 1.00. The van der Waals surface area contributed by atoms with Crippen molar-refractivity contribution in [2.75, 3.05) is 13.1 Å². The van der Waals surface area contributed by atoms with Gasteiger partial charge in [-0.15, -0.1) is 0 Å². The largest absolute Gasteiger partial charge is 0.317 e. The third-order valence-corrected chi connectivity index (χ3v) is 5.26. The Morgan fingerprint density at radius 1 is 0.636 bits per heavy atom. The molecule has 0 heterocycles. The van der Waals surface area contributed by atoms with Gasteiger partial charge in [-0.1, -0.05) is 91.9 Å². The molecule has 1 N–H and O–H groups in total. The van der Waals surface area contributed by atoms with Crippen LogP contribution in [0.15, 0.2) is 0 Å². The summed E-state index contributed by atoms with van der Waals surface area (Å²) in [7, 11) is 0. The molecule has 0 aromatic rings. The Labute approximate surface area is 142 Å². The Morgan fingerprint density at radius 2 is 1.18 bits per heavy atom. The van der Waals surface area contributed by atoms with Crippen LogP contribution in [-0.2, 0) is 0 Å². The SMILES string of the molecule is CCCCCCCCC(CCCNCCCCC)C(C)CC. The van der Waals surface area contributed by atoms with Gasteiger partial charge in [0.15, 0.2) is 0 Å². The molecule has 0 aliphatic carbocycles. The summed E-state index contributed by atoms with van der Waals surface area (Å²) >= 11 is 0. The van der Waals surface area contributed by atoms with Crippen molar-refractivity contribution >= 4 is 0 Å². The Morgan fingerprint density at radius 3 is 1.86 bits per heavy atom. The van der Waals surface area contributed by atoms with E-state index in [9.17, 15) is 0 Å². The van der Waals surface area contributed by atoms with Gasteiger partial charge >= 0.3 is 0 Å². The molecule has 0 rings (SSSR count). The molecule has 0 aliphatic heterocycles. The van der Waals surface area contributed by atoms with E-state index in [1.165, 1.54) is 96.6 Å². The van der Waals surface area contributed by atoms with E-state index in [2.05, 4.69) is 33.0 Å². The predicted octanol–water partition coefficient (Wildman–Crippen LogP) is 6.96. The minimum absolute atomic E-state index is 0.913. The van der Waals surface area contributed by atoms with Gasteiger partial charge in [0, 0.05) is 0 Å². The number of hydrogen-bond donors (Lipinski definition) is 1. The summed E-state index contributed by atoms with van der Waals surface area (Å²) in [5, 5.41) is 3.62. The monoisotopic (exact) mass is 311 g/mol. The topological polar surface area (TPSA) is 12.0 Å². The molecule has 0 aromatic heterocycles. The minimum atomic E-state index is 0.913. The highest BCUT2D eigenvalue weighted by Crippen LogP contribution is 2.26. The first-order valence-electron chi connectivity index (χ1n) is 10.5. The number of rotatable bonds is 17. The first kappa shape index (κ1) is 22.0. The lowest BCUT2D eigenvalue weighted by Crippen LogP contribution is -2.19. The zero-order valence-electron chi connectivity index (χ0n) is 16.3. The minimum Gasteiger partial charge on any atom is -0.317 e. The molecular formula is C21H45N. The Kier molecular flexibility index (Phi) is 17.3. The van der Waals surface area contributed by atoms with Gasteiger partial charge in [-0.2, -0.15) is 0 Å². The van der Waals surface area contributed by atoms with Gasteiger partial charge in [-0.05, 0) is 44.2 Å². The van der Waals surface area contributed by atoms with E-state index >= 15 is 0 Å². The van der Waals surface area contributed by atoms with Gasteiger partial charge in [0.2, 0.25) is 0 Å². The quantitative estimate of drug-likeness (QED) is 0.286. The lowest BCUT2D eigenvalue weighted by molar-refractivity contribution is 0.290. The summed E-state index contributed by atoms with van der Waals surface area (Å²) in [4.78, 5) is 0. The van der Waals surface area contributed by atoms with Crippen LogP contribution in [0.2, 0.25) is 0 Å². The maximum absolute atomic E-state index is 3.62. The first-order valence-corrected chi connectivity index (χ1v) is 10.5. The molecule has 1 heteroatoms. The molecule has 0 aromatic carbocycles. The van der Waals surface area contributed by atoms with Crippen LogP contribution in [0.1, 0.15) is 111 Å². The van der Waals surface area contributed by atoms with Gasteiger partial charge < -0.3 is 5.32 Å². The van der Waals surface area contributed by atoms with Crippen molar-refractivity contribution in [3.8, 4) is 0 Å². The van der Waals surface area contributed by atoms with Gasteiger partial charge in [0.05, 0.1) is 0 Å². The highest BCUT2D eigenvalue weighted by molar-refractivity contribution is 4.67. The predicted molar refractivity (Wildman–Crippen MR) is 103 cm³/mol. The summed E-state index contributed by atoms with van der Waals surface area (Å²) in [5.74, 6) is 1.88. The standard InChI is InChI=1S/C21H45N/c1-5-8-10-11-12-13-16-21(20(4)7-3)17-15-19-22-18-14-9-6-2/h20-22H,5-19H2,1-4H3. The molecule has 134 valence electrons. The van der Waals surface area contributed by atoms with Crippen LogP contribution in [0.25, 0.3) is 0 Å². The Hall–Kier alpha value is -0.0400. The zero-order valence-corrected chi connectivity index (χ0v) is 16.3. The second-order valence-corrected chi connectivity index (χ2v) is 7.30. The van der Waals surface area contributed by atoms with E-state index in [-0.39, 0.29) is 0 Å². The molecule has 0 radical (unpaired) electrons. The van der Waals surface area contributed by atoms with Crippen molar-refractivity contribution in [2.24, 2.45) is 11.8 Å². The van der Waals surface area contributed by atoms with Gasteiger partial charge in [-0.3, -0.25) is 0 Å². The van der Waals surface area contributed by atoms with Crippen molar-refractivity contribution in [1.29, 1.82) is 0 Å². The van der Waals surface area contributed by atoms with Gasteiger partial charge in [0.25, 0.3) is 0 Å². The van der Waals surface area contributed by atoms with Crippen LogP contribution in [0.5, 0.6) is 0 Å². The van der Waals surface area contributed by atoms with Crippen molar-refractivity contribution in [1.82, 2.24) is 5.32 Å². The molecule has 0 saturated carbocycles. The van der Waals surface area contributed by atoms with E-state index in [0.29, 0.717) is 0 Å². The van der Waals surface area contributed by atoms with E-state index in [1.807, 2.05) is 0 Å². The van der Waals surface area contributed by atoms with E-state index < -0.39 is 0 Å². The molecule has 2 atom stereocenters. The summed E-state index contributed by atoms with van der Waals surface area (Å²) in [6.45, 7) is 11.9. The third-order valence-electron chi connectivity index (χ3n) is 5.26. The normalized spacial score (nSPS) is 14.2. The van der Waals surface area contributed by atoms with Crippen molar-refractivity contribution < 1.29 is 0 Å². The third kappa shape index (κ3) is 13.6. The molecule has 0 saturated heterocycles. The molecule has 0 spiro atoms. The molecule has 0 bridgehead atoms. The summed E-state index contributed by atoms with van der Waals surface area (Å²) < 4.78 is 0. The fourth-order valence-corrected chi connectivity index (χ4v) is 3.35. The smallest absolute Gasteiger partial charge is 0.00488 e. The summed E-state index contributed by atoms with van der Waals surface area (Å²) in [6, 6.07) is 0. The average molecular weight is 312 g/mol. The Balaban J connectivity index is 3.66. The Bertz CT molecular complexity index is 202. The van der Waals surface area contributed by atoms with Crippen molar-refractivity contribution in [3.63, 3.8) is 0 Å². The van der Waals surface area contributed by atoms with Crippen LogP contribution < -0.4 is 5.32 Å². The van der Waals surface area contributed by atoms with Crippen LogP contribution in [0.4, 0.5) is 0 Å². The molecule has 0 fully saturated rings. The second-order valence-electron chi connectivity index (χ2n) is 7.30.